The molecule has 3 N–H and O–H groups in total. The molecule has 0 aliphatic rings. The third kappa shape index (κ3) is 8.35. The molecule has 15 heavy (non-hydrogen) atoms. The van der Waals surface area contributed by atoms with Crippen molar-refractivity contribution in [1.82, 2.24) is 10.2 Å². The van der Waals surface area contributed by atoms with Crippen LogP contribution in [0.4, 0.5) is 0 Å². The summed E-state index contributed by atoms with van der Waals surface area (Å²) < 4.78 is 4.99. The van der Waals surface area contributed by atoms with Gasteiger partial charge in [-0.25, -0.2) is 0 Å². The summed E-state index contributed by atoms with van der Waals surface area (Å²) >= 11 is 0. The highest BCUT2D eigenvalue weighted by atomic mass is 16.5. The van der Waals surface area contributed by atoms with Crippen molar-refractivity contribution in [3.8, 4) is 0 Å². The van der Waals surface area contributed by atoms with Gasteiger partial charge in [0.25, 0.3) is 0 Å². The fraction of sp³-hybridized carbons (Fsp3) is 0.900. The number of carbonyl (C=O) groups is 1. The van der Waals surface area contributed by atoms with Crippen molar-refractivity contribution in [3.05, 3.63) is 0 Å². The van der Waals surface area contributed by atoms with E-state index < -0.39 is 0 Å². The zero-order chi connectivity index (χ0) is 11.5. The van der Waals surface area contributed by atoms with Gasteiger partial charge >= 0.3 is 0 Å². The maximum atomic E-state index is 11.4. The van der Waals surface area contributed by atoms with Gasteiger partial charge in [0.1, 0.15) is 0 Å². The number of hydrogen-bond acceptors (Lipinski definition) is 4. The minimum atomic E-state index is 0.0608. The van der Waals surface area contributed by atoms with E-state index in [9.17, 15) is 4.79 Å². The van der Waals surface area contributed by atoms with Crippen LogP contribution in [0.5, 0.6) is 0 Å². The number of hydrogen-bond donors (Lipinski definition) is 2. The van der Waals surface area contributed by atoms with Crippen molar-refractivity contribution >= 4 is 5.91 Å². The fourth-order valence-electron chi connectivity index (χ4n) is 1.26. The number of carbonyl (C=O) groups excluding carboxylic acids is 1. The van der Waals surface area contributed by atoms with Crippen LogP contribution in [0.3, 0.4) is 0 Å². The van der Waals surface area contributed by atoms with Crippen LogP contribution in [-0.2, 0) is 9.53 Å². The van der Waals surface area contributed by atoms with E-state index in [0.29, 0.717) is 26.2 Å². The highest BCUT2D eigenvalue weighted by Gasteiger charge is 2.08. The summed E-state index contributed by atoms with van der Waals surface area (Å²) in [5.41, 5.74) is 5.44. The van der Waals surface area contributed by atoms with Crippen LogP contribution in [0.25, 0.3) is 0 Å². The number of amides is 1. The Morgan fingerprint density at radius 3 is 2.73 bits per heavy atom. The number of rotatable bonds is 9. The first-order chi connectivity index (χ1) is 7.24. The van der Waals surface area contributed by atoms with Crippen LogP contribution in [0, 0.1) is 0 Å². The third-order valence-corrected chi connectivity index (χ3v) is 2.03. The monoisotopic (exact) mass is 217 g/mol. The summed E-state index contributed by atoms with van der Waals surface area (Å²) in [6.07, 6.45) is 0.906. The highest BCUT2D eigenvalue weighted by molar-refractivity contribution is 5.77. The van der Waals surface area contributed by atoms with Gasteiger partial charge in [0, 0.05) is 20.2 Å². The Labute approximate surface area is 91.9 Å². The number of nitrogens with one attached hydrogen (secondary N) is 1. The Kier molecular flexibility index (Phi) is 9.46. The molecule has 0 atom stereocenters. The first kappa shape index (κ1) is 14.3. The molecule has 5 nitrogen and oxygen atoms in total. The molecule has 0 saturated carbocycles. The van der Waals surface area contributed by atoms with Crippen LogP contribution >= 0.6 is 0 Å². The van der Waals surface area contributed by atoms with Crippen molar-refractivity contribution in [1.29, 1.82) is 0 Å². The summed E-state index contributed by atoms with van der Waals surface area (Å²) in [7, 11) is 1.66. The Morgan fingerprint density at radius 1 is 1.47 bits per heavy atom. The minimum Gasteiger partial charge on any atom is -0.383 e. The van der Waals surface area contributed by atoms with Crippen molar-refractivity contribution < 1.29 is 9.53 Å². The number of nitrogens with zero attached hydrogens (tertiary/aromatic N) is 1. The standard InChI is InChI=1S/C10H23N3O2/c1-3-12-10(14)9-13(6-4-5-11)7-8-15-2/h3-9,11H2,1-2H3,(H,12,14). The molecule has 0 rings (SSSR count). The predicted octanol–water partition coefficient (Wildman–Crippen LogP) is -0.580. The molecule has 0 aliphatic carbocycles. The van der Waals surface area contributed by atoms with Crippen LogP contribution in [0.2, 0.25) is 0 Å². The summed E-state index contributed by atoms with van der Waals surface area (Å²) in [5, 5.41) is 2.78. The molecule has 90 valence electrons. The van der Waals surface area contributed by atoms with Gasteiger partial charge in [-0.2, -0.15) is 0 Å². The van der Waals surface area contributed by atoms with E-state index in [4.69, 9.17) is 10.5 Å². The van der Waals surface area contributed by atoms with E-state index in [2.05, 4.69) is 10.2 Å². The van der Waals surface area contributed by atoms with Gasteiger partial charge in [-0.05, 0) is 26.4 Å². The largest absolute Gasteiger partial charge is 0.383 e. The fourth-order valence-corrected chi connectivity index (χ4v) is 1.26. The maximum Gasteiger partial charge on any atom is 0.234 e. The number of likely N-dealkylation sites (N-methyl/N-ethyl adjacent to an activating group) is 1. The van der Waals surface area contributed by atoms with E-state index in [1.54, 1.807) is 7.11 Å². The van der Waals surface area contributed by atoms with Gasteiger partial charge < -0.3 is 15.8 Å². The summed E-state index contributed by atoms with van der Waals surface area (Å²) in [6.45, 7) is 5.93. The normalized spacial score (nSPS) is 10.7. The molecule has 0 aromatic heterocycles. The minimum absolute atomic E-state index is 0.0608. The molecule has 0 fully saturated rings. The SMILES string of the molecule is CCNC(=O)CN(CCCN)CCOC. The van der Waals surface area contributed by atoms with Crippen LogP contribution in [-0.4, -0.2) is 57.2 Å². The molecule has 0 aliphatic heterocycles. The van der Waals surface area contributed by atoms with E-state index >= 15 is 0 Å². The number of methoxy groups -OCH3 is 1. The van der Waals surface area contributed by atoms with Gasteiger partial charge in [0.05, 0.1) is 13.2 Å². The highest BCUT2D eigenvalue weighted by Crippen LogP contribution is 1.91. The second-order valence-corrected chi connectivity index (χ2v) is 3.36. The molecular weight excluding hydrogens is 194 g/mol. The molecule has 5 heteroatoms. The van der Waals surface area contributed by atoms with E-state index in [1.807, 2.05) is 6.92 Å². The topological polar surface area (TPSA) is 67.6 Å². The molecule has 1 amide bonds. The zero-order valence-corrected chi connectivity index (χ0v) is 9.79. The Balaban J connectivity index is 3.82. The average molecular weight is 217 g/mol. The van der Waals surface area contributed by atoms with E-state index in [-0.39, 0.29) is 5.91 Å². The van der Waals surface area contributed by atoms with Crippen LogP contribution in [0.15, 0.2) is 0 Å². The Bertz CT molecular complexity index is 157. The average Bonchev–Trinajstić information content (AvgIpc) is 2.22. The number of nitrogens with two attached hydrogens (primary N) is 1. The van der Waals surface area contributed by atoms with Crippen LogP contribution in [0.1, 0.15) is 13.3 Å². The lowest BCUT2D eigenvalue weighted by molar-refractivity contribution is -0.122. The first-order valence-electron chi connectivity index (χ1n) is 5.42. The summed E-state index contributed by atoms with van der Waals surface area (Å²) in [4.78, 5) is 13.4. The van der Waals surface area contributed by atoms with Gasteiger partial charge in [-0.15, -0.1) is 0 Å². The molecule has 0 saturated heterocycles. The molecule has 0 radical (unpaired) electrons. The molecule has 0 aromatic carbocycles. The van der Waals surface area contributed by atoms with Crippen molar-refractivity contribution in [2.75, 3.05) is 46.4 Å². The van der Waals surface area contributed by atoms with Crippen molar-refractivity contribution in [2.24, 2.45) is 5.73 Å². The quantitative estimate of drug-likeness (QED) is 0.542. The Morgan fingerprint density at radius 2 is 2.20 bits per heavy atom. The van der Waals surface area contributed by atoms with Crippen LogP contribution < -0.4 is 11.1 Å². The van der Waals surface area contributed by atoms with Gasteiger partial charge in [-0.1, -0.05) is 0 Å². The van der Waals surface area contributed by atoms with Gasteiger partial charge in [-0.3, -0.25) is 9.69 Å². The van der Waals surface area contributed by atoms with E-state index in [1.165, 1.54) is 0 Å². The molecule has 0 heterocycles. The lowest BCUT2D eigenvalue weighted by Gasteiger charge is -2.20. The van der Waals surface area contributed by atoms with E-state index in [0.717, 1.165) is 19.5 Å². The number of ether oxygens (including phenoxy) is 1. The van der Waals surface area contributed by atoms with Gasteiger partial charge in [0.2, 0.25) is 5.91 Å². The zero-order valence-electron chi connectivity index (χ0n) is 9.79. The van der Waals surface area contributed by atoms with Crippen molar-refractivity contribution in [3.63, 3.8) is 0 Å². The summed E-state index contributed by atoms with van der Waals surface area (Å²) in [6, 6.07) is 0. The van der Waals surface area contributed by atoms with Gasteiger partial charge in [0.15, 0.2) is 0 Å². The third-order valence-electron chi connectivity index (χ3n) is 2.03. The second kappa shape index (κ2) is 9.89. The molecule has 0 spiro atoms. The maximum absolute atomic E-state index is 11.4. The second-order valence-electron chi connectivity index (χ2n) is 3.36. The lowest BCUT2D eigenvalue weighted by Crippen LogP contribution is -2.39. The Hall–Kier alpha value is -0.650. The van der Waals surface area contributed by atoms with Crippen molar-refractivity contribution in [2.45, 2.75) is 13.3 Å². The first-order valence-corrected chi connectivity index (χ1v) is 5.42. The summed E-state index contributed by atoms with van der Waals surface area (Å²) in [5.74, 6) is 0.0608. The predicted molar refractivity (Wildman–Crippen MR) is 60.7 cm³/mol. The smallest absolute Gasteiger partial charge is 0.234 e. The molecular formula is C10H23N3O2. The lowest BCUT2D eigenvalue weighted by atomic mass is 10.3. The molecule has 0 unspecified atom stereocenters. The molecule has 0 bridgehead atoms. The molecule has 0 aromatic rings.